The summed E-state index contributed by atoms with van der Waals surface area (Å²) >= 11 is 6.06. The standard InChI is InChI=1S/C23H27ClN2O3/c24-19-11-4-5-12-21(19)29-16-8-13-22(27)25-20(17-18-9-2-1-3-10-18)23(28)26-14-6-7-15-26/h1-5,9-12,20H,6-8,13-17H2,(H,25,27). The number of nitrogens with zero attached hydrogens (tertiary/aromatic N) is 1. The van der Waals surface area contributed by atoms with E-state index in [9.17, 15) is 9.59 Å². The average Bonchev–Trinajstić information content (AvgIpc) is 3.27. The maximum absolute atomic E-state index is 12.9. The second-order valence-electron chi connectivity index (χ2n) is 7.22. The van der Waals surface area contributed by atoms with Crippen molar-refractivity contribution in [2.24, 2.45) is 0 Å². The number of rotatable bonds is 9. The van der Waals surface area contributed by atoms with Gasteiger partial charge in [-0.25, -0.2) is 0 Å². The highest BCUT2D eigenvalue weighted by molar-refractivity contribution is 6.32. The molecule has 0 aromatic heterocycles. The first-order chi connectivity index (χ1) is 14.1. The number of nitrogens with one attached hydrogen (secondary N) is 1. The highest BCUT2D eigenvalue weighted by Crippen LogP contribution is 2.23. The topological polar surface area (TPSA) is 58.6 Å². The van der Waals surface area contributed by atoms with Crippen molar-refractivity contribution < 1.29 is 14.3 Å². The molecule has 5 nitrogen and oxygen atoms in total. The van der Waals surface area contributed by atoms with Crippen molar-refractivity contribution in [2.75, 3.05) is 19.7 Å². The monoisotopic (exact) mass is 414 g/mol. The lowest BCUT2D eigenvalue weighted by Crippen LogP contribution is -2.49. The first kappa shape index (κ1) is 21.2. The Balaban J connectivity index is 1.51. The molecule has 0 radical (unpaired) electrons. The SMILES string of the molecule is O=C(CCCOc1ccccc1Cl)NC(Cc1ccccc1)C(=O)N1CCCC1. The van der Waals surface area contributed by atoms with E-state index in [1.165, 1.54) is 0 Å². The van der Waals surface area contributed by atoms with Crippen LogP contribution >= 0.6 is 11.6 Å². The van der Waals surface area contributed by atoms with E-state index < -0.39 is 6.04 Å². The Kier molecular flexibility index (Phi) is 7.94. The molecule has 29 heavy (non-hydrogen) atoms. The van der Waals surface area contributed by atoms with Crippen molar-refractivity contribution in [3.8, 4) is 5.75 Å². The number of hydrogen-bond donors (Lipinski definition) is 1. The van der Waals surface area contributed by atoms with Gasteiger partial charge >= 0.3 is 0 Å². The third kappa shape index (κ3) is 6.50. The Hall–Kier alpha value is -2.53. The molecule has 2 amide bonds. The van der Waals surface area contributed by atoms with Crippen LogP contribution in [-0.2, 0) is 16.0 Å². The number of carbonyl (C=O) groups is 2. The van der Waals surface area contributed by atoms with Gasteiger partial charge < -0.3 is 15.0 Å². The van der Waals surface area contributed by atoms with E-state index in [0.717, 1.165) is 31.5 Å². The lowest BCUT2D eigenvalue weighted by Gasteiger charge is -2.24. The predicted octanol–water partition coefficient (Wildman–Crippen LogP) is 3.85. The number of benzene rings is 2. The molecule has 2 aromatic rings. The van der Waals surface area contributed by atoms with Crippen molar-refractivity contribution in [3.63, 3.8) is 0 Å². The molecular weight excluding hydrogens is 388 g/mol. The quantitative estimate of drug-likeness (QED) is 0.634. The Labute approximate surface area is 177 Å². The zero-order chi connectivity index (χ0) is 20.5. The van der Waals surface area contributed by atoms with E-state index in [-0.39, 0.29) is 11.8 Å². The normalized spacial score (nSPS) is 14.4. The summed E-state index contributed by atoms with van der Waals surface area (Å²) in [7, 11) is 0. The smallest absolute Gasteiger partial charge is 0.245 e. The van der Waals surface area contributed by atoms with Crippen LogP contribution in [0, 0.1) is 0 Å². The van der Waals surface area contributed by atoms with E-state index in [0.29, 0.717) is 36.6 Å². The molecule has 1 atom stereocenters. The summed E-state index contributed by atoms with van der Waals surface area (Å²) in [5, 5.41) is 3.49. The molecule has 1 aliphatic rings. The van der Waals surface area contributed by atoms with Gasteiger partial charge in [-0.2, -0.15) is 0 Å². The minimum absolute atomic E-state index is 0.00650. The van der Waals surface area contributed by atoms with Gasteiger partial charge in [0, 0.05) is 25.9 Å². The Bertz CT molecular complexity index is 807. The number of ether oxygens (including phenoxy) is 1. The van der Waals surface area contributed by atoms with E-state index in [1.807, 2.05) is 47.4 Å². The number of amides is 2. The lowest BCUT2D eigenvalue weighted by molar-refractivity contribution is -0.135. The van der Waals surface area contributed by atoms with E-state index in [2.05, 4.69) is 5.32 Å². The van der Waals surface area contributed by atoms with Crippen LogP contribution in [0.4, 0.5) is 0 Å². The van der Waals surface area contributed by atoms with E-state index in [1.54, 1.807) is 12.1 Å². The zero-order valence-electron chi connectivity index (χ0n) is 16.5. The molecule has 1 fully saturated rings. The minimum Gasteiger partial charge on any atom is -0.492 e. The van der Waals surface area contributed by atoms with Crippen molar-refractivity contribution in [1.82, 2.24) is 10.2 Å². The Morgan fingerprint density at radius 2 is 1.72 bits per heavy atom. The van der Waals surface area contributed by atoms with Crippen LogP contribution in [0.15, 0.2) is 54.6 Å². The number of likely N-dealkylation sites (tertiary alicyclic amines) is 1. The number of carbonyl (C=O) groups excluding carboxylic acids is 2. The van der Waals surface area contributed by atoms with E-state index in [4.69, 9.17) is 16.3 Å². The molecule has 3 rings (SSSR count). The van der Waals surface area contributed by atoms with Crippen LogP contribution in [0.1, 0.15) is 31.2 Å². The fourth-order valence-electron chi connectivity index (χ4n) is 3.45. The zero-order valence-corrected chi connectivity index (χ0v) is 17.2. The molecule has 1 unspecified atom stereocenters. The fraction of sp³-hybridized carbons (Fsp3) is 0.391. The van der Waals surface area contributed by atoms with Gasteiger partial charge in [-0.1, -0.05) is 54.1 Å². The fourth-order valence-corrected chi connectivity index (χ4v) is 3.64. The van der Waals surface area contributed by atoms with E-state index >= 15 is 0 Å². The first-order valence-electron chi connectivity index (χ1n) is 10.1. The predicted molar refractivity (Wildman–Crippen MR) is 114 cm³/mol. The van der Waals surface area contributed by atoms with Crippen LogP contribution in [0.5, 0.6) is 5.75 Å². The number of para-hydroxylation sites is 1. The molecule has 6 heteroatoms. The molecule has 0 spiro atoms. The van der Waals surface area contributed by atoms with Gasteiger partial charge in [-0.3, -0.25) is 9.59 Å². The molecule has 154 valence electrons. The number of hydrogen-bond acceptors (Lipinski definition) is 3. The summed E-state index contributed by atoms with van der Waals surface area (Å²) in [6.07, 6.45) is 3.39. The van der Waals surface area contributed by atoms with Gasteiger partial charge in [0.05, 0.1) is 11.6 Å². The van der Waals surface area contributed by atoms with Gasteiger partial charge in [0.25, 0.3) is 0 Å². The minimum atomic E-state index is -0.535. The highest BCUT2D eigenvalue weighted by atomic mass is 35.5. The Morgan fingerprint density at radius 1 is 1.03 bits per heavy atom. The van der Waals surface area contributed by atoms with Crippen LogP contribution in [0.2, 0.25) is 5.02 Å². The van der Waals surface area contributed by atoms with Crippen molar-refractivity contribution in [1.29, 1.82) is 0 Å². The van der Waals surface area contributed by atoms with Crippen molar-refractivity contribution in [2.45, 2.75) is 38.1 Å². The summed E-state index contributed by atoms with van der Waals surface area (Å²) in [6.45, 7) is 1.93. The summed E-state index contributed by atoms with van der Waals surface area (Å²) in [6, 6.07) is 16.5. The second-order valence-corrected chi connectivity index (χ2v) is 7.63. The molecule has 0 saturated carbocycles. The van der Waals surface area contributed by atoms with Crippen molar-refractivity contribution >= 4 is 23.4 Å². The largest absolute Gasteiger partial charge is 0.492 e. The molecule has 2 aromatic carbocycles. The highest BCUT2D eigenvalue weighted by Gasteiger charge is 2.27. The van der Waals surface area contributed by atoms with Crippen LogP contribution in [0.25, 0.3) is 0 Å². The van der Waals surface area contributed by atoms with Crippen LogP contribution in [0.3, 0.4) is 0 Å². The summed E-state index contributed by atoms with van der Waals surface area (Å²) in [5.41, 5.74) is 1.03. The molecule has 0 bridgehead atoms. The van der Waals surface area contributed by atoms with Crippen LogP contribution in [-0.4, -0.2) is 42.5 Å². The van der Waals surface area contributed by atoms with Gasteiger partial charge in [0.1, 0.15) is 11.8 Å². The molecular formula is C23H27ClN2O3. The van der Waals surface area contributed by atoms with Gasteiger partial charge in [-0.15, -0.1) is 0 Å². The van der Waals surface area contributed by atoms with Gasteiger partial charge in [0.2, 0.25) is 11.8 Å². The molecule has 1 aliphatic heterocycles. The van der Waals surface area contributed by atoms with Gasteiger partial charge in [0.15, 0.2) is 0 Å². The first-order valence-corrected chi connectivity index (χ1v) is 10.5. The van der Waals surface area contributed by atoms with Gasteiger partial charge in [-0.05, 0) is 37.0 Å². The molecule has 1 saturated heterocycles. The third-order valence-electron chi connectivity index (χ3n) is 4.98. The summed E-state index contributed by atoms with van der Waals surface area (Å²) in [5.74, 6) is 0.481. The lowest BCUT2D eigenvalue weighted by atomic mass is 10.0. The number of halogens is 1. The molecule has 1 N–H and O–H groups in total. The maximum Gasteiger partial charge on any atom is 0.245 e. The third-order valence-corrected chi connectivity index (χ3v) is 5.29. The summed E-state index contributed by atoms with van der Waals surface area (Å²) in [4.78, 5) is 27.2. The average molecular weight is 415 g/mol. The molecule has 1 heterocycles. The second kappa shape index (κ2) is 10.9. The Morgan fingerprint density at radius 3 is 2.45 bits per heavy atom. The maximum atomic E-state index is 12.9. The molecule has 0 aliphatic carbocycles. The van der Waals surface area contributed by atoms with Crippen molar-refractivity contribution in [3.05, 3.63) is 65.2 Å². The van der Waals surface area contributed by atoms with Crippen LogP contribution < -0.4 is 10.1 Å². The summed E-state index contributed by atoms with van der Waals surface area (Å²) < 4.78 is 5.63.